The molecule has 1 aromatic carbocycles. The maximum Gasteiger partial charge on any atom is 0.293 e. The first-order valence-corrected chi connectivity index (χ1v) is 6.95. The minimum Gasteiger partial charge on any atom is -0.396 e. The van der Waals surface area contributed by atoms with E-state index < -0.39 is 4.92 Å². The highest BCUT2D eigenvalue weighted by molar-refractivity contribution is 5.95. The highest BCUT2D eigenvalue weighted by Gasteiger charge is 2.25. The monoisotopic (exact) mass is 293 g/mol. The molecule has 2 rings (SSSR count). The minimum atomic E-state index is -0.488. The van der Waals surface area contributed by atoms with Crippen LogP contribution in [0, 0.1) is 16.0 Å². The van der Waals surface area contributed by atoms with Crippen molar-refractivity contribution in [3.8, 4) is 0 Å². The van der Waals surface area contributed by atoms with Crippen LogP contribution in [0.1, 0.15) is 30.1 Å². The SMILES string of the molecule is CC(CO)CNC(=O)c1ccc(NC2CC2)c([N+](=O)[O-])c1. The highest BCUT2D eigenvalue weighted by Crippen LogP contribution is 2.31. The van der Waals surface area contributed by atoms with Gasteiger partial charge in [0.2, 0.25) is 0 Å². The lowest BCUT2D eigenvalue weighted by atomic mass is 10.1. The van der Waals surface area contributed by atoms with Crippen molar-refractivity contribution in [1.29, 1.82) is 0 Å². The number of anilines is 1. The molecule has 1 aromatic rings. The maximum absolute atomic E-state index is 11.9. The van der Waals surface area contributed by atoms with Crippen LogP contribution in [0.5, 0.6) is 0 Å². The van der Waals surface area contributed by atoms with Crippen molar-refractivity contribution in [2.24, 2.45) is 5.92 Å². The quantitative estimate of drug-likeness (QED) is 0.522. The van der Waals surface area contributed by atoms with Gasteiger partial charge in [0, 0.05) is 30.8 Å². The van der Waals surface area contributed by atoms with Crippen molar-refractivity contribution in [1.82, 2.24) is 5.32 Å². The van der Waals surface area contributed by atoms with Crippen molar-refractivity contribution in [2.75, 3.05) is 18.5 Å². The molecule has 1 aliphatic rings. The number of hydrogen-bond acceptors (Lipinski definition) is 5. The van der Waals surface area contributed by atoms with Crippen molar-refractivity contribution < 1.29 is 14.8 Å². The van der Waals surface area contributed by atoms with Gasteiger partial charge in [-0.1, -0.05) is 6.92 Å². The highest BCUT2D eigenvalue weighted by atomic mass is 16.6. The van der Waals surface area contributed by atoms with Crippen LogP contribution in [0.2, 0.25) is 0 Å². The number of carbonyl (C=O) groups is 1. The molecule has 1 aliphatic carbocycles. The largest absolute Gasteiger partial charge is 0.396 e. The Balaban J connectivity index is 2.10. The van der Waals surface area contributed by atoms with Gasteiger partial charge in [-0.25, -0.2) is 0 Å². The van der Waals surface area contributed by atoms with Gasteiger partial charge in [-0.2, -0.15) is 0 Å². The third kappa shape index (κ3) is 4.16. The minimum absolute atomic E-state index is 0.0231. The van der Waals surface area contributed by atoms with Gasteiger partial charge in [-0.15, -0.1) is 0 Å². The van der Waals surface area contributed by atoms with E-state index in [0.29, 0.717) is 18.3 Å². The Morgan fingerprint density at radius 1 is 1.52 bits per heavy atom. The first kappa shape index (κ1) is 15.2. The lowest BCUT2D eigenvalue weighted by molar-refractivity contribution is -0.384. The Bertz CT molecular complexity index is 543. The number of rotatable bonds is 7. The maximum atomic E-state index is 11.9. The van der Waals surface area contributed by atoms with E-state index in [1.165, 1.54) is 6.07 Å². The Kier molecular flexibility index (Phi) is 4.74. The molecule has 7 nitrogen and oxygen atoms in total. The van der Waals surface area contributed by atoms with Crippen LogP contribution < -0.4 is 10.6 Å². The topological polar surface area (TPSA) is 104 Å². The van der Waals surface area contributed by atoms with Crippen LogP contribution in [0.25, 0.3) is 0 Å². The summed E-state index contributed by atoms with van der Waals surface area (Å²) in [6.07, 6.45) is 2.02. The number of aliphatic hydroxyl groups is 1. The summed E-state index contributed by atoms with van der Waals surface area (Å²) < 4.78 is 0. The molecule has 1 atom stereocenters. The van der Waals surface area contributed by atoms with E-state index in [4.69, 9.17) is 5.11 Å². The van der Waals surface area contributed by atoms with Gasteiger partial charge in [0.1, 0.15) is 5.69 Å². The van der Waals surface area contributed by atoms with E-state index in [1.54, 1.807) is 19.1 Å². The van der Waals surface area contributed by atoms with Gasteiger partial charge in [0.15, 0.2) is 0 Å². The zero-order valence-electron chi connectivity index (χ0n) is 11.8. The molecule has 0 aromatic heterocycles. The fourth-order valence-electron chi connectivity index (χ4n) is 1.83. The normalized spacial score (nSPS) is 15.3. The van der Waals surface area contributed by atoms with Crippen molar-refractivity contribution in [3.63, 3.8) is 0 Å². The molecule has 0 radical (unpaired) electrons. The summed E-state index contributed by atoms with van der Waals surface area (Å²) in [5.41, 5.74) is 0.598. The summed E-state index contributed by atoms with van der Waals surface area (Å²) in [6, 6.07) is 4.72. The standard InChI is InChI=1S/C14H19N3O4/c1-9(8-18)7-15-14(19)10-2-5-12(16-11-3-4-11)13(6-10)17(20)21/h2,5-6,9,11,16,18H,3-4,7-8H2,1H3,(H,15,19). The number of nitrogens with zero attached hydrogens (tertiary/aromatic N) is 1. The molecule has 0 bridgehead atoms. The molecule has 1 saturated carbocycles. The number of amides is 1. The predicted molar refractivity (Wildman–Crippen MR) is 78.3 cm³/mol. The third-order valence-electron chi connectivity index (χ3n) is 3.32. The summed E-state index contributed by atoms with van der Waals surface area (Å²) >= 11 is 0. The molecule has 3 N–H and O–H groups in total. The molecule has 21 heavy (non-hydrogen) atoms. The number of nitro benzene ring substituents is 1. The van der Waals surface area contributed by atoms with E-state index in [0.717, 1.165) is 12.8 Å². The zero-order valence-corrected chi connectivity index (χ0v) is 11.8. The van der Waals surface area contributed by atoms with Crippen LogP contribution in [-0.2, 0) is 0 Å². The summed E-state index contributed by atoms with van der Waals surface area (Å²) in [6.45, 7) is 2.10. The Morgan fingerprint density at radius 3 is 2.81 bits per heavy atom. The average molecular weight is 293 g/mol. The fraction of sp³-hybridized carbons (Fsp3) is 0.500. The van der Waals surface area contributed by atoms with Gasteiger partial charge >= 0.3 is 0 Å². The first-order chi connectivity index (χ1) is 10.0. The van der Waals surface area contributed by atoms with Gasteiger partial charge in [-0.05, 0) is 30.9 Å². The van der Waals surface area contributed by atoms with Crippen molar-refractivity contribution in [2.45, 2.75) is 25.8 Å². The lowest BCUT2D eigenvalue weighted by Gasteiger charge is -2.11. The van der Waals surface area contributed by atoms with Crippen molar-refractivity contribution in [3.05, 3.63) is 33.9 Å². The summed E-state index contributed by atoms with van der Waals surface area (Å²) in [7, 11) is 0. The van der Waals surface area contributed by atoms with E-state index in [-0.39, 0.29) is 29.7 Å². The molecule has 0 heterocycles. The Labute approximate surface area is 122 Å². The molecular weight excluding hydrogens is 274 g/mol. The van der Waals surface area contributed by atoms with Crippen LogP contribution in [0.4, 0.5) is 11.4 Å². The molecular formula is C14H19N3O4. The molecule has 1 amide bonds. The van der Waals surface area contributed by atoms with Crippen LogP contribution >= 0.6 is 0 Å². The van der Waals surface area contributed by atoms with Crippen LogP contribution in [-0.4, -0.2) is 35.1 Å². The van der Waals surface area contributed by atoms with Gasteiger partial charge < -0.3 is 15.7 Å². The van der Waals surface area contributed by atoms with E-state index in [9.17, 15) is 14.9 Å². The molecule has 0 saturated heterocycles. The number of aliphatic hydroxyl groups excluding tert-OH is 1. The van der Waals surface area contributed by atoms with Crippen LogP contribution in [0.15, 0.2) is 18.2 Å². The number of nitrogens with one attached hydrogen (secondary N) is 2. The van der Waals surface area contributed by atoms with Gasteiger partial charge in [0.25, 0.3) is 11.6 Å². The number of hydrogen-bond donors (Lipinski definition) is 3. The number of benzene rings is 1. The number of nitro groups is 1. The Hall–Kier alpha value is -2.15. The first-order valence-electron chi connectivity index (χ1n) is 6.95. The zero-order chi connectivity index (χ0) is 15.4. The summed E-state index contributed by atoms with van der Waals surface area (Å²) in [5.74, 6) is -0.434. The average Bonchev–Trinajstić information content (AvgIpc) is 3.28. The molecule has 7 heteroatoms. The van der Waals surface area contributed by atoms with E-state index >= 15 is 0 Å². The number of carbonyl (C=O) groups excluding carboxylic acids is 1. The van der Waals surface area contributed by atoms with Crippen LogP contribution in [0.3, 0.4) is 0 Å². The molecule has 0 aliphatic heterocycles. The predicted octanol–water partition coefficient (Wildman–Crippen LogP) is 1.53. The van der Waals surface area contributed by atoms with E-state index in [1.807, 2.05) is 0 Å². The third-order valence-corrected chi connectivity index (χ3v) is 3.32. The second-order valence-electron chi connectivity index (χ2n) is 5.41. The molecule has 1 unspecified atom stereocenters. The molecule has 0 spiro atoms. The van der Waals surface area contributed by atoms with Crippen molar-refractivity contribution >= 4 is 17.3 Å². The lowest BCUT2D eigenvalue weighted by Crippen LogP contribution is -2.29. The summed E-state index contributed by atoms with van der Waals surface area (Å²) in [4.78, 5) is 22.6. The molecule has 1 fully saturated rings. The van der Waals surface area contributed by atoms with E-state index in [2.05, 4.69) is 10.6 Å². The smallest absolute Gasteiger partial charge is 0.293 e. The second-order valence-corrected chi connectivity index (χ2v) is 5.41. The summed E-state index contributed by atoms with van der Waals surface area (Å²) in [5, 5.41) is 25.8. The van der Waals surface area contributed by atoms with Gasteiger partial charge in [0.05, 0.1) is 4.92 Å². The molecule has 114 valence electrons. The van der Waals surface area contributed by atoms with Gasteiger partial charge in [-0.3, -0.25) is 14.9 Å². The second kappa shape index (κ2) is 6.53. The fourth-order valence-corrected chi connectivity index (χ4v) is 1.83. The Morgan fingerprint density at radius 2 is 2.24 bits per heavy atom.